The van der Waals surface area contributed by atoms with Gasteiger partial charge in [-0.25, -0.2) is 0 Å². The third-order valence-electron chi connectivity index (χ3n) is 4.22. The Balaban J connectivity index is 2.31. The van der Waals surface area contributed by atoms with Crippen LogP contribution in [-0.2, 0) is 9.59 Å². The molecule has 0 saturated carbocycles. The molecule has 2 N–H and O–H groups in total. The second-order valence-corrected chi connectivity index (χ2v) is 6.74. The lowest BCUT2D eigenvalue weighted by Gasteiger charge is -2.32. The summed E-state index contributed by atoms with van der Waals surface area (Å²) in [7, 11) is 0. The molecule has 1 aromatic carbocycles. The van der Waals surface area contributed by atoms with Gasteiger partial charge in [-0.1, -0.05) is 39.0 Å². The second-order valence-electron chi connectivity index (χ2n) is 6.74. The van der Waals surface area contributed by atoms with Gasteiger partial charge in [0.1, 0.15) is 5.92 Å². The summed E-state index contributed by atoms with van der Waals surface area (Å²) in [5.74, 6) is -1.22. The summed E-state index contributed by atoms with van der Waals surface area (Å²) in [6.07, 6.45) is 0. The first-order chi connectivity index (χ1) is 10.4. The quantitative estimate of drug-likeness (QED) is 0.827. The van der Waals surface area contributed by atoms with Gasteiger partial charge in [-0.2, -0.15) is 0 Å². The van der Waals surface area contributed by atoms with E-state index in [9.17, 15) is 14.7 Å². The Morgan fingerprint density at radius 1 is 1.32 bits per heavy atom. The van der Waals surface area contributed by atoms with E-state index in [-0.39, 0.29) is 36.3 Å². The molecule has 1 saturated heterocycles. The largest absolute Gasteiger partial charge is 0.395 e. The monoisotopic (exact) mass is 304 g/mol. The molecule has 1 aliphatic rings. The highest BCUT2D eigenvalue weighted by atomic mass is 16.3. The second kappa shape index (κ2) is 6.48. The number of carbonyl (C=O) groups excluding carboxylic acids is 2. The molecule has 1 aromatic rings. The summed E-state index contributed by atoms with van der Waals surface area (Å²) in [6.45, 7) is 6.67. The van der Waals surface area contributed by atoms with Crippen LogP contribution in [0.5, 0.6) is 0 Å². The number of hydrogen-bond donors (Lipinski definition) is 2. The fourth-order valence-electron chi connectivity index (χ4n) is 2.95. The maximum absolute atomic E-state index is 13.0. The third kappa shape index (κ3) is 3.30. The first kappa shape index (κ1) is 16.5. The summed E-state index contributed by atoms with van der Waals surface area (Å²) in [6, 6.07) is 9.16. The summed E-state index contributed by atoms with van der Waals surface area (Å²) >= 11 is 0. The molecular weight excluding hydrogens is 280 g/mol. The van der Waals surface area contributed by atoms with Crippen molar-refractivity contribution < 1.29 is 14.7 Å². The summed E-state index contributed by atoms with van der Waals surface area (Å²) in [5, 5.41) is 12.1. The first-order valence-corrected chi connectivity index (χ1v) is 7.61. The van der Waals surface area contributed by atoms with Crippen LogP contribution < -0.4 is 10.2 Å². The summed E-state index contributed by atoms with van der Waals surface area (Å²) < 4.78 is 0. The molecule has 0 aromatic heterocycles. The zero-order valence-electron chi connectivity index (χ0n) is 13.4. The Morgan fingerprint density at radius 2 is 1.95 bits per heavy atom. The topological polar surface area (TPSA) is 69.6 Å². The van der Waals surface area contributed by atoms with Gasteiger partial charge in [-0.15, -0.1) is 0 Å². The number of rotatable bonds is 4. The van der Waals surface area contributed by atoms with Crippen molar-refractivity contribution >= 4 is 17.5 Å². The zero-order chi connectivity index (χ0) is 16.3. The van der Waals surface area contributed by atoms with Crippen molar-refractivity contribution in [2.24, 2.45) is 17.3 Å². The zero-order valence-corrected chi connectivity index (χ0v) is 13.4. The fraction of sp³-hybridized carbons (Fsp3) is 0.529. The average molecular weight is 304 g/mol. The number of para-hydroxylation sites is 1. The van der Waals surface area contributed by atoms with Crippen LogP contribution in [0.4, 0.5) is 5.69 Å². The minimum atomic E-state index is -0.702. The summed E-state index contributed by atoms with van der Waals surface area (Å²) in [4.78, 5) is 26.7. The van der Waals surface area contributed by atoms with Gasteiger partial charge in [0.05, 0.1) is 6.61 Å². The van der Waals surface area contributed by atoms with Crippen molar-refractivity contribution in [1.29, 1.82) is 0 Å². The number of nitrogens with one attached hydrogen (secondary N) is 1. The molecule has 5 heteroatoms. The molecule has 1 aliphatic heterocycles. The van der Waals surface area contributed by atoms with E-state index in [1.165, 1.54) is 4.90 Å². The van der Waals surface area contributed by atoms with Gasteiger partial charge in [0, 0.05) is 24.7 Å². The van der Waals surface area contributed by atoms with Crippen molar-refractivity contribution in [2.45, 2.75) is 20.8 Å². The molecule has 0 unspecified atom stereocenters. The Hall–Kier alpha value is -1.88. The normalized spacial score (nSPS) is 21.5. The SMILES string of the molecule is CC(C)(C)[C@@H]1CNC(=O)[C@H]1C(=O)N(CCO)c1ccccc1. The predicted molar refractivity (Wildman–Crippen MR) is 85.3 cm³/mol. The van der Waals surface area contributed by atoms with E-state index in [0.29, 0.717) is 12.2 Å². The number of hydrogen-bond acceptors (Lipinski definition) is 3. The Labute approximate surface area is 131 Å². The highest BCUT2D eigenvalue weighted by Gasteiger charge is 2.47. The van der Waals surface area contributed by atoms with Crippen LogP contribution in [0.15, 0.2) is 30.3 Å². The van der Waals surface area contributed by atoms with Crippen LogP contribution in [0, 0.1) is 17.3 Å². The van der Waals surface area contributed by atoms with Crippen molar-refractivity contribution in [3.63, 3.8) is 0 Å². The standard InChI is InChI=1S/C17H24N2O3/c1-17(2,3)13-11-18-15(21)14(13)16(22)19(9-10-20)12-7-5-4-6-8-12/h4-8,13-14,20H,9-11H2,1-3H3,(H,18,21)/t13-,14+/m1/s1. The molecule has 0 bridgehead atoms. The van der Waals surface area contributed by atoms with Gasteiger partial charge in [0.25, 0.3) is 0 Å². The summed E-state index contributed by atoms with van der Waals surface area (Å²) in [5.41, 5.74) is 0.551. The average Bonchev–Trinajstić information content (AvgIpc) is 2.87. The molecule has 2 atom stereocenters. The first-order valence-electron chi connectivity index (χ1n) is 7.61. The number of aliphatic hydroxyl groups is 1. The van der Waals surface area contributed by atoms with Crippen molar-refractivity contribution in [2.75, 3.05) is 24.6 Å². The molecule has 1 heterocycles. The van der Waals surface area contributed by atoms with Gasteiger partial charge in [0.15, 0.2) is 0 Å². The van der Waals surface area contributed by atoms with Crippen molar-refractivity contribution in [3.05, 3.63) is 30.3 Å². The van der Waals surface area contributed by atoms with E-state index in [1.807, 2.05) is 51.1 Å². The third-order valence-corrected chi connectivity index (χ3v) is 4.22. The smallest absolute Gasteiger partial charge is 0.240 e. The van der Waals surface area contributed by atoms with Crippen molar-refractivity contribution in [3.8, 4) is 0 Å². The van der Waals surface area contributed by atoms with Crippen molar-refractivity contribution in [1.82, 2.24) is 5.32 Å². The Morgan fingerprint density at radius 3 is 2.50 bits per heavy atom. The van der Waals surface area contributed by atoms with Gasteiger partial charge < -0.3 is 15.3 Å². The molecule has 120 valence electrons. The number of anilines is 1. The van der Waals surface area contributed by atoms with E-state index in [2.05, 4.69) is 5.32 Å². The fourth-order valence-corrected chi connectivity index (χ4v) is 2.95. The molecule has 0 radical (unpaired) electrons. The highest BCUT2D eigenvalue weighted by Crippen LogP contribution is 2.36. The number of aliphatic hydroxyl groups excluding tert-OH is 1. The van der Waals surface area contributed by atoms with Gasteiger partial charge in [-0.3, -0.25) is 9.59 Å². The minimum absolute atomic E-state index is 0.0580. The molecule has 2 amide bonds. The Bertz CT molecular complexity index is 537. The van der Waals surface area contributed by atoms with E-state index in [1.54, 1.807) is 0 Å². The van der Waals surface area contributed by atoms with Crippen LogP contribution in [0.1, 0.15) is 20.8 Å². The van der Waals surface area contributed by atoms with Gasteiger partial charge >= 0.3 is 0 Å². The number of benzene rings is 1. The lowest BCUT2D eigenvalue weighted by atomic mass is 9.74. The van der Waals surface area contributed by atoms with Crippen LogP contribution in [0.25, 0.3) is 0 Å². The van der Waals surface area contributed by atoms with Gasteiger partial charge in [0.2, 0.25) is 11.8 Å². The van der Waals surface area contributed by atoms with Crippen LogP contribution >= 0.6 is 0 Å². The number of nitrogens with zero attached hydrogens (tertiary/aromatic N) is 1. The van der Waals surface area contributed by atoms with Crippen LogP contribution in [-0.4, -0.2) is 36.6 Å². The van der Waals surface area contributed by atoms with E-state index >= 15 is 0 Å². The lowest BCUT2D eigenvalue weighted by molar-refractivity contribution is -0.133. The minimum Gasteiger partial charge on any atom is -0.395 e. The highest BCUT2D eigenvalue weighted by molar-refractivity contribution is 6.09. The van der Waals surface area contributed by atoms with E-state index in [4.69, 9.17) is 0 Å². The Kier molecular flexibility index (Phi) is 4.86. The molecule has 1 fully saturated rings. The molecule has 22 heavy (non-hydrogen) atoms. The van der Waals surface area contributed by atoms with E-state index in [0.717, 1.165) is 0 Å². The number of carbonyl (C=O) groups is 2. The van der Waals surface area contributed by atoms with Crippen LogP contribution in [0.2, 0.25) is 0 Å². The van der Waals surface area contributed by atoms with Crippen LogP contribution in [0.3, 0.4) is 0 Å². The molecule has 5 nitrogen and oxygen atoms in total. The molecule has 2 rings (SSSR count). The molecular formula is C17H24N2O3. The van der Waals surface area contributed by atoms with E-state index < -0.39 is 5.92 Å². The maximum atomic E-state index is 13.0. The molecule has 0 spiro atoms. The predicted octanol–water partition coefficient (Wildman–Crippen LogP) is 1.42. The lowest BCUT2D eigenvalue weighted by Crippen LogP contribution is -2.45. The molecule has 0 aliphatic carbocycles. The maximum Gasteiger partial charge on any atom is 0.240 e. The number of amides is 2. The van der Waals surface area contributed by atoms with Gasteiger partial charge in [-0.05, 0) is 17.5 Å².